The van der Waals surface area contributed by atoms with Crippen molar-refractivity contribution >= 4 is 0 Å². The van der Waals surface area contributed by atoms with Crippen molar-refractivity contribution in [3.8, 4) is 0 Å². The number of aliphatic hydroxyl groups is 1. The number of rotatable bonds is 9. The van der Waals surface area contributed by atoms with E-state index in [1.807, 2.05) is 0 Å². The first-order valence-corrected chi connectivity index (χ1v) is 5.56. The molecule has 0 bridgehead atoms. The molecule has 5 N–H and O–H groups in total. The van der Waals surface area contributed by atoms with Crippen molar-refractivity contribution in [2.75, 3.05) is 26.2 Å². The van der Waals surface area contributed by atoms with Crippen LogP contribution in [0.5, 0.6) is 0 Å². The summed E-state index contributed by atoms with van der Waals surface area (Å²) in [5.41, 5.74) is 5.55. The Labute approximate surface area is 87.3 Å². The molecule has 0 saturated heterocycles. The van der Waals surface area contributed by atoms with Crippen molar-refractivity contribution in [1.29, 1.82) is 0 Å². The third kappa shape index (κ3) is 6.32. The van der Waals surface area contributed by atoms with E-state index in [2.05, 4.69) is 24.5 Å². The molecule has 0 aliphatic rings. The second-order valence-electron chi connectivity index (χ2n) is 3.54. The summed E-state index contributed by atoms with van der Waals surface area (Å²) in [6.45, 7) is 6.89. The van der Waals surface area contributed by atoms with Gasteiger partial charge in [-0.15, -0.1) is 0 Å². The molecule has 0 fully saturated rings. The molecule has 4 nitrogen and oxygen atoms in total. The van der Waals surface area contributed by atoms with Gasteiger partial charge in [0, 0.05) is 31.7 Å². The third-order valence-corrected chi connectivity index (χ3v) is 2.48. The van der Waals surface area contributed by atoms with Gasteiger partial charge >= 0.3 is 0 Å². The Morgan fingerprint density at radius 2 is 1.57 bits per heavy atom. The normalized spacial score (nSPS) is 15.4. The quantitative estimate of drug-likeness (QED) is 0.387. The van der Waals surface area contributed by atoms with Gasteiger partial charge in [-0.1, -0.05) is 13.8 Å². The molecule has 0 spiro atoms. The fourth-order valence-corrected chi connectivity index (χ4v) is 1.28. The first-order chi connectivity index (χ1) is 6.78. The van der Waals surface area contributed by atoms with Crippen molar-refractivity contribution in [2.45, 2.75) is 38.8 Å². The molecule has 0 aliphatic carbocycles. The molecule has 0 aromatic heterocycles. The second kappa shape index (κ2) is 9.40. The molecule has 0 aliphatic heterocycles. The first-order valence-electron chi connectivity index (χ1n) is 5.56. The Bertz CT molecular complexity index is 99.9. The minimum atomic E-state index is 0.213. The van der Waals surface area contributed by atoms with Crippen molar-refractivity contribution < 1.29 is 5.11 Å². The topological polar surface area (TPSA) is 70.3 Å². The Balaban J connectivity index is 3.35. The van der Waals surface area contributed by atoms with E-state index in [4.69, 9.17) is 10.8 Å². The summed E-state index contributed by atoms with van der Waals surface area (Å²) in [6, 6.07) is 0.653. The number of aliphatic hydroxyl groups excluding tert-OH is 1. The minimum Gasteiger partial charge on any atom is -0.395 e. The van der Waals surface area contributed by atoms with Gasteiger partial charge < -0.3 is 21.5 Å². The van der Waals surface area contributed by atoms with Gasteiger partial charge in [-0.05, 0) is 12.8 Å². The van der Waals surface area contributed by atoms with Crippen LogP contribution in [0.4, 0.5) is 0 Å². The highest BCUT2D eigenvalue weighted by atomic mass is 16.3. The summed E-state index contributed by atoms with van der Waals surface area (Å²) >= 11 is 0. The maximum atomic E-state index is 8.92. The van der Waals surface area contributed by atoms with E-state index < -0.39 is 0 Å². The zero-order valence-electron chi connectivity index (χ0n) is 9.42. The van der Waals surface area contributed by atoms with E-state index >= 15 is 0 Å². The molecule has 0 heterocycles. The highest BCUT2D eigenvalue weighted by molar-refractivity contribution is 4.68. The van der Waals surface area contributed by atoms with E-state index in [0.29, 0.717) is 12.6 Å². The maximum absolute atomic E-state index is 8.92. The Morgan fingerprint density at radius 1 is 1.07 bits per heavy atom. The van der Waals surface area contributed by atoms with Crippen LogP contribution in [0.2, 0.25) is 0 Å². The van der Waals surface area contributed by atoms with Gasteiger partial charge in [0.25, 0.3) is 0 Å². The van der Waals surface area contributed by atoms with Crippen LogP contribution in [0.3, 0.4) is 0 Å². The zero-order valence-corrected chi connectivity index (χ0v) is 9.42. The number of nitrogens with two attached hydrogens (primary N) is 1. The molecule has 86 valence electrons. The molecule has 4 heteroatoms. The van der Waals surface area contributed by atoms with Crippen LogP contribution >= 0.6 is 0 Å². The lowest BCUT2D eigenvalue weighted by molar-refractivity contribution is 0.239. The lowest BCUT2D eigenvalue weighted by Crippen LogP contribution is -2.42. The molecule has 0 rings (SSSR count). The summed E-state index contributed by atoms with van der Waals surface area (Å²) in [5.74, 6) is 0. The van der Waals surface area contributed by atoms with Crippen LogP contribution < -0.4 is 16.4 Å². The Hall–Kier alpha value is -0.160. The fraction of sp³-hybridized carbons (Fsp3) is 1.00. The van der Waals surface area contributed by atoms with Crippen molar-refractivity contribution in [2.24, 2.45) is 5.73 Å². The van der Waals surface area contributed by atoms with Crippen LogP contribution in [0, 0.1) is 0 Å². The van der Waals surface area contributed by atoms with E-state index in [0.717, 1.165) is 25.9 Å². The number of nitrogens with one attached hydrogen (secondary N) is 2. The average molecular weight is 203 g/mol. The number of hydrogen-bond donors (Lipinski definition) is 4. The van der Waals surface area contributed by atoms with Gasteiger partial charge in [0.15, 0.2) is 0 Å². The summed E-state index contributed by atoms with van der Waals surface area (Å²) in [4.78, 5) is 0. The van der Waals surface area contributed by atoms with Crippen LogP contribution in [0.1, 0.15) is 26.7 Å². The second-order valence-corrected chi connectivity index (χ2v) is 3.54. The van der Waals surface area contributed by atoms with E-state index in [1.165, 1.54) is 0 Å². The molecule has 0 saturated carbocycles. The molecule has 0 amide bonds. The third-order valence-electron chi connectivity index (χ3n) is 2.48. The SMILES string of the molecule is CC[C@@H](CN)NCCN[C@@H](CC)CO. The van der Waals surface area contributed by atoms with E-state index in [1.54, 1.807) is 0 Å². The standard InChI is InChI=1S/C10H25N3O/c1-3-9(7-11)12-5-6-13-10(4-2)8-14/h9-10,12-14H,3-8,11H2,1-2H3/t9-,10-/m0/s1. The van der Waals surface area contributed by atoms with Crippen LogP contribution in [-0.2, 0) is 0 Å². The minimum absolute atomic E-state index is 0.213. The lowest BCUT2D eigenvalue weighted by Gasteiger charge is -2.17. The summed E-state index contributed by atoms with van der Waals surface area (Å²) in [5, 5.41) is 15.5. The molecule has 14 heavy (non-hydrogen) atoms. The predicted molar refractivity (Wildman–Crippen MR) is 60.3 cm³/mol. The average Bonchev–Trinajstić information content (AvgIpc) is 2.24. The van der Waals surface area contributed by atoms with Gasteiger partial charge in [0.1, 0.15) is 0 Å². The van der Waals surface area contributed by atoms with Crippen LogP contribution in [0.15, 0.2) is 0 Å². The molecular formula is C10H25N3O. The van der Waals surface area contributed by atoms with Crippen molar-refractivity contribution in [3.05, 3.63) is 0 Å². The molecule has 0 unspecified atom stereocenters. The van der Waals surface area contributed by atoms with Crippen molar-refractivity contribution in [3.63, 3.8) is 0 Å². The molecule has 2 atom stereocenters. The molecule has 0 aromatic carbocycles. The molecule has 0 aromatic rings. The highest BCUT2D eigenvalue weighted by Crippen LogP contribution is 1.88. The predicted octanol–water partition coefficient (Wildman–Crippen LogP) is -0.326. The van der Waals surface area contributed by atoms with Gasteiger partial charge in [0.2, 0.25) is 0 Å². The Morgan fingerprint density at radius 3 is 1.93 bits per heavy atom. The summed E-state index contributed by atoms with van der Waals surface area (Å²) < 4.78 is 0. The molecule has 0 radical (unpaired) electrons. The summed E-state index contributed by atoms with van der Waals surface area (Å²) in [6.07, 6.45) is 2.03. The smallest absolute Gasteiger partial charge is 0.0584 e. The highest BCUT2D eigenvalue weighted by Gasteiger charge is 2.04. The fourth-order valence-electron chi connectivity index (χ4n) is 1.28. The van der Waals surface area contributed by atoms with E-state index in [-0.39, 0.29) is 12.6 Å². The molecular weight excluding hydrogens is 178 g/mol. The van der Waals surface area contributed by atoms with Gasteiger partial charge in [0.05, 0.1) is 6.61 Å². The maximum Gasteiger partial charge on any atom is 0.0584 e. The van der Waals surface area contributed by atoms with Crippen LogP contribution in [0.25, 0.3) is 0 Å². The van der Waals surface area contributed by atoms with Gasteiger partial charge in [-0.2, -0.15) is 0 Å². The van der Waals surface area contributed by atoms with E-state index in [9.17, 15) is 0 Å². The number of hydrogen-bond acceptors (Lipinski definition) is 4. The first kappa shape index (κ1) is 13.8. The largest absolute Gasteiger partial charge is 0.395 e. The Kier molecular flexibility index (Phi) is 9.29. The monoisotopic (exact) mass is 203 g/mol. The lowest BCUT2D eigenvalue weighted by atomic mass is 10.2. The van der Waals surface area contributed by atoms with Crippen molar-refractivity contribution in [1.82, 2.24) is 10.6 Å². The van der Waals surface area contributed by atoms with Gasteiger partial charge in [-0.3, -0.25) is 0 Å². The zero-order chi connectivity index (χ0) is 10.8. The van der Waals surface area contributed by atoms with Gasteiger partial charge in [-0.25, -0.2) is 0 Å². The van der Waals surface area contributed by atoms with Crippen LogP contribution in [-0.4, -0.2) is 43.4 Å². The summed E-state index contributed by atoms with van der Waals surface area (Å²) in [7, 11) is 0.